The van der Waals surface area contributed by atoms with Crippen molar-refractivity contribution in [1.29, 1.82) is 0 Å². The molecule has 3 aliphatic heterocycles. The van der Waals surface area contributed by atoms with Crippen molar-refractivity contribution in [3.05, 3.63) is 71.8 Å². The van der Waals surface area contributed by atoms with E-state index in [4.69, 9.17) is 15.2 Å². The lowest BCUT2D eigenvalue weighted by Crippen LogP contribution is -2.61. The van der Waals surface area contributed by atoms with E-state index in [9.17, 15) is 4.79 Å². The number of likely N-dealkylation sites (tertiary alicyclic amines) is 1. The van der Waals surface area contributed by atoms with Crippen LogP contribution in [0.15, 0.2) is 65.7 Å². The molecule has 2 fully saturated rings. The Kier molecular flexibility index (Phi) is 7.16. The van der Waals surface area contributed by atoms with Crippen LogP contribution in [0.4, 0.5) is 0 Å². The SMILES string of the molecule is NC(=NCc1cccc2ccccc12)NC(=O)C1CC(CC2CCN(Cc3ccc4c(c3)OCO4)CC2)N1. The topological polar surface area (TPSA) is 101 Å². The van der Waals surface area contributed by atoms with Gasteiger partial charge in [-0.2, -0.15) is 0 Å². The Morgan fingerprint density at radius 2 is 1.84 bits per heavy atom. The molecule has 0 radical (unpaired) electrons. The van der Waals surface area contributed by atoms with Crippen LogP contribution in [0.5, 0.6) is 11.5 Å². The minimum absolute atomic E-state index is 0.0982. The number of carbonyl (C=O) groups is 1. The Morgan fingerprint density at radius 1 is 1.05 bits per heavy atom. The molecule has 2 saturated heterocycles. The molecule has 0 aromatic heterocycles. The summed E-state index contributed by atoms with van der Waals surface area (Å²) < 4.78 is 10.9. The van der Waals surface area contributed by atoms with Gasteiger partial charge in [0, 0.05) is 12.6 Å². The van der Waals surface area contributed by atoms with Crippen molar-refractivity contribution in [1.82, 2.24) is 15.5 Å². The molecule has 3 aliphatic rings. The molecular weight excluding hydrogens is 478 g/mol. The van der Waals surface area contributed by atoms with E-state index in [0.29, 0.717) is 25.3 Å². The summed E-state index contributed by atoms with van der Waals surface area (Å²) in [7, 11) is 0. The Hall–Kier alpha value is -3.62. The third-order valence-electron chi connectivity index (χ3n) is 7.99. The third kappa shape index (κ3) is 5.61. The summed E-state index contributed by atoms with van der Waals surface area (Å²) in [5.74, 6) is 2.45. The van der Waals surface area contributed by atoms with Crippen LogP contribution < -0.4 is 25.8 Å². The van der Waals surface area contributed by atoms with Gasteiger partial charge in [0.25, 0.3) is 0 Å². The molecule has 8 heteroatoms. The number of nitrogens with zero attached hydrogens (tertiary/aromatic N) is 2. The van der Waals surface area contributed by atoms with E-state index in [1.807, 2.05) is 30.3 Å². The Bertz CT molecular complexity index is 1320. The van der Waals surface area contributed by atoms with Gasteiger partial charge in [0.05, 0.1) is 12.6 Å². The highest BCUT2D eigenvalue weighted by atomic mass is 16.7. The number of nitrogens with one attached hydrogen (secondary N) is 2. The first-order chi connectivity index (χ1) is 18.6. The number of guanidine groups is 1. The van der Waals surface area contributed by atoms with Crippen LogP contribution in [0.25, 0.3) is 10.8 Å². The van der Waals surface area contributed by atoms with Crippen molar-refractivity contribution in [3.8, 4) is 11.5 Å². The van der Waals surface area contributed by atoms with Gasteiger partial charge in [0.2, 0.25) is 12.7 Å². The van der Waals surface area contributed by atoms with Gasteiger partial charge in [-0.05, 0) is 78.7 Å². The second kappa shape index (κ2) is 11.0. The lowest BCUT2D eigenvalue weighted by molar-refractivity contribution is -0.124. The predicted molar refractivity (Wildman–Crippen MR) is 148 cm³/mol. The van der Waals surface area contributed by atoms with Gasteiger partial charge < -0.3 is 20.5 Å². The van der Waals surface area contributed by atoms with Gasteiger partial charge >= 0.3 is 0 Å². The fourth-order valence-electron chi connectivity index (χ4n) is 5.83. The highest BCUT2D eigenvalue weighted by molar-refractivity contribution is 5.99. The first-order valence-corrected chi connectivity index (χ1v) is 13.5. The summed E-state index contributed by atoms with van der Waals surface area (Å²) in [4.78, 5) is 19.5. The highest BCUT2D eigenvalue weighted by Gasteiger charge is 2.35. The Morgan fingerprint density at radius 3 is 2.71 bits per heavy atom. The van der Waals surface area contributed by atoms with Crippen molar-refractivity contribution < 1.29 is 14.3 Å². The van der Waals surface area contributed by atoms with Crippen LogP contribution in [0.1, 0.15) is 36.8 Å². The zero-order valence-corrected chi connectivity index (χ0v) is 21.6. The van der Waals surface area contributed by atoms with Crippen LogP contribution in [0.3, 0.4) is 0 Å². The zero-order chi connectivity index (χ0) is 25.9. The number of piperidine rings is 1. The fourth-order valence-corrected chi connectivity index (χ4v) is 5.83. The van der Waals surface area contributed by atoms with E-state index in [2.05, 4.69) is 50.9 Å². The molecular formula is C30H35N5O3. The lowest BCUT2D eigenvalue weighted by Gasteiger charge is -2.40. The fraction of sp³-hybridized carbons (Fsp3) is 0.400. The largest absolute Gasteiger partial charge is 0.454 e. The molecule has 3 heterocycles. The summed E-state index contributed by atoms with van der Waals surface area (Å²) in [6.07, 6.45) is 4.34. The van der Waals surface area contributed by atoms with E-state index >= 15 is 0 Å². The number of ether oxygens (including phenoxy) is 2. The van der Waals surface area contributed by atoms with E-state index in [1.54, 1.807) is 0 Å². The van der Waals surface area contributed by atoms with E-state index < -0.39 is 0 Å². The molecule has 1 amide bonds. The van der Waals surface area contributed by atoms with Crippen molar-refractivity contribution >= 4 is 22.6 Å². The highest BCUT2D eigenvalue weighted by Crippen LogP contribution is 2.33. The van der Waals surface area contributed by atoms with Gasteiger partial charge in [-0.3, -0.25) is 15.0 Å². The van der Waals surface area contributed by atoms with Crippen LogP contribution in [-0.4, -0.2) is 48.7 Å². The van der Waals surface area contributed by atoms with Gasteiger partial charge in [-0.25, -0.2) is 4.99 Å². The molecule has 0 aliphatic carbocycles. The first kappa shape index (κ1) is 24.7. The molecule has 0 bridgehead atoms. The third-order valence-corrected chi connectivity index (χ3v) is 7.99. The van der Waals surface area contributed by atoms with Gasteiger partial charge in [-0.1, -0.05) is 48.5 Å². The summed E-state index contributed by atoms with van der Waals surface area (Å²) in [5.41, 5.74) is 8.39. The van der Waals surface area contributed by atoms with Gasteiger partial charge in [0.15, 0.2) is 17.5 Å². The lowest BCUT2D eigenvalue weighted by atomic mass is 9.84. The number of benzene rings is 3. The number of hydrogen-bond acceptors (Lipinski definition) is 6. The monoisotopic (exact) mass is 513 g/mol. The molecule has 38 heavy (non-hydrogen) atoms. The second-order valence-electron chi connectivity index (χ2n) is 10.6. The second-order valence-corrected chi connectivity index (χ2v) is 10.6. The van der Waals surface area contributed by atoms with Crippen LogP contribution in [0.2, 0.25) is 0 Å². The standard InChI is InChI=1S/C30H35N5O3/c31-30(32-17-23-6-3-5-22-4-1-2-7-25(22)23)34-29(36)26-16-24(33-26)14-20-10-12-35(13-11-20)18-21-8-9-27-28(15-21)38-19-37-27/h1-9,15,20,24,26,33H,10-14,16-19H2,(H3,31,32,34,36). The maximum Gasteiger partial charge on any atom is 0.243 e. The molecule has 8 nitrogen and oxygen atoms in total. The maximum absolute atomic E-state index is 12.6. The van der Waals surface area contributed by atoms with Gasteiger partial charge in [-0.15, -0.1) is 0 Å². The predicted octanol–water partition coefficient (Wildman–Crippen LogP) is 3.53. The number of carbonyl (C=O) groups excluding carboxylic acids is 1. The Balaban J connectivity index is 0.907. The molecule has 6 rings (SSSR count). The maximum atomic E-state index is 12.6. The van der Waals surface area contributed by atoms with Crippen LogP contribution in [0, 0.1) is 5.92 Å². The van der Waals surface area contributed by atoms with Crippen molar-refractivity contribution in [2.45, 2.75) is 50.9 Å². The van der Waals surface area contributed by atoms with E-state index in [1.165, 1.54) is 23.8 Å². The minimum atomic E-state index is -0.197. The molecule has 0 saturated carbocycles. The minimum Gasteiger partial charge on any atom is -0.454 e. The van der Waals surface area contributed by atoms with Crippen molar-refractivity contribution in [3.63, 3.8) is 0 Å². The number of rotatable bonds is 7. The summed E-state index contributed by atoms with van der Waals surface area (Å²) in [6.45, 7) is 3.88. The normalized spacial score (nSPS) is 21.8. The first-order valence-electron chi connectivity index (χ1n) is 13.5. The molecule has 3 aromatic rings. The smallest absolute Gasteiger partial charge is 0.243 e. The van der Waals surface area contributed by atoms with Crippen LogP contribution >= 0.6 is 0 Å². The van der Waals surface area contributed by atoms with Crippen molar-refractivity contribution in [2.24, 2.45) is 16.6 Å². The number of aliphatic imine (C=N–C) groups is 1. The van der Waals surface area contributed by atoms with Gasteiger partial charge in [0.1, 0.15) is 0 Å². The summed E-state index contributed by atoms with van der Waals surface area (Å²) >= 11 is 0. The molecule has 4 N–H and O–H groups in total. The molecule has 2 atom stereocenters. The molecule has 0 spiro atoms. The van der Waals surface area contributed by atoms with Crippen LogP contribution in [-0.2, 0) is 17.9 Å². The zero-order valence-electron chi connectivity index (χ0n) is 21.6. The van der Waals surface area contributed by atoms with E-state index in [0.717, 1.165) is 54.9 Å². The Labute approximate surface area is 223 Å². The molecule has 2 unspecified atom stereocenters. The summed E-state index contributed by atoms with van der Waals surface area (Å²) in [6, 6.07) is 20.8. The average molecular weight is 514 g/mol. The number of fused-ring (bicyclic) bond motifs is 2. The van der Waals surface area contributed by atoms with E-state index in [-0.39, 0.29) is 17.9 Å². The number of nitrogens with two attached hydrogens (primary N) is 1. The number of hydrogen-bond donors (Lipinski definition) is 3. The molecule has 198 valence electrons. The average Bonchev–Trinajstić information content (AvgIpc) is 3.38. The summed E-state index contributed by atoms with van der Waals surface area (Å²) in [5, 5.41) is 8.54. The molecule has 3 aromatic carbocycles. The quantitative estimate of drug-likeness (QED) is 0.330. The van der Waals surface area contributed by atoms with Crippen molar-refractivity contribution in [2.75, 3.05) is 19.9 Å². The number of amides is 1.